The van der Waals surface area contributed by atoms with Gasteiger partial charge >= 0.3 is 0 Å². The van der Waals surface area contributed by atoms with Crippen LogP contribution in [0.5, 0.6) is 0 Å². The topological polar surface area (TPSA) is 65.2 Å². The summed E-state index contributed by atoms with van der Waals surface area (Å²) in [6.45, 7) is 8.38. The van der Waals surface area contributed by atoms with Crippen LogP contribution < -0.4 is 21.3 Å². The smallest absolute Gasteiger partial charge is 0.221 e. The normalized spacial score (nSPS) is 20.9. The van der Waals surface area contributed by atoms with Crippen molar-refractivity contribution in [3.8, 4) is 0 Å². The highest BCUT2D eigenvalue weighted by Crippen LogP contribution is 2.13. The third-order valence-corrected chi connectivity index (χ3v) is 6.61. The first-order valence-corrected chi connectivity index (χ1v) is 14.2. The maximum Gasteiger partial charge on any atom is 0.221 e. The van der Waals surface area contributed by atoms with Crippen molar-refractivity contribution in [2.45, 2.75) is 129 Å². The number of unbranched alkanes of at least 4 members (excludes halogenated alkanes) is 10. The minimum atomic E-state index is 0.213. The number of carbonyl (C=O) groups excluding carboxylic acids is 1. The summed E-state index contributed by atoms with van der Waals surface area (Å²) in [5.74, 6) is 0.213. The third kappa shape index (κ3) is 20.0. The Hall–Kier alpha value is -0.650. The van der Waals surface area contributed by atoms with Crippen LogP contribution in [0.15, 0.2) is 0 Å². The molecule has 1 heterocycles. The molecule has 1 amide bonds. The maximum absolute atomic E-state index is 12.4. The summed E-state index contributed by atoms with van der Waals surface area (Å²) in [5.41, 5.74) is 0. The van der Waals surface area contributed by atoms with E-state index in [2.05, 4.69) is 28.2 Å². The summed E-state index contributed by atoms with van der Waals surface area (Å²) in [7, 11) is 0. The van der Waals surface area contributed by atoms with Gasteiger partial charge in [0.25, 0.3) is 0 Å². The fourth-order valence-corrected chi connectivity index (χ4v) is 4.51. The van der Waals surface area contributed by atoms with E-state index >= 15 is 0 Å². The number of amides is 1. The number of rotatable bonds is 12. The second-order valence-corrected chi connectivity index (χ2v) is 9.80. The van der Waals surface area contributed by atoms with Crippen LogP contribution in [0.2, 0.25) is 0 Å². The highest BCUT2D eigenvalue weighted by Gasteiger charge is 2.13. The van der Waals surface area contributed by atoms with Crippen LogP contribution in [0.25, 0.3) is 0 Å². The van der Waals surface area contributed by atoms with Gasteiger partial charge in [0.2, 0.25) is 5.91 Å². The van der Waals surface area contributed by atoms with Crippen molar-refractivity contribution >= 4 is 5.91 Å². The van der Waals surface area contributed by atoms with Crippen molar-refractivity contribution < 1.29 is 4.79 Å². The van der Waals surface area contributed by atoms with Crippen molar-refractivity contribution in [1.82, 2.24) is 21.3 Å². The molecule has 5 heteroatoms. The lowest BCUT2D eigenvalue weighted by atomic mass is 10.0. The molecule has 0 aromatic carbocycles. The Morgan fingerprint density at radius 1 is 0.625 bits per heavy atom. The van der Waals surface area contributed by atoms with Crippen LogP contribution >= 0.6 is 0 Å². The molecule has 1 saturated heterocycles. The molecule has 190 valence electrons. The monoisotopic (exact) mass is 452 g/mol. The minimum Gasteiger partial charge on any atom is -0.356 e. The Balaban J connectivity index is 2.17. The molecule has 0 spiro atoms. The molecule has 0 aromatic heterocycles. The average molecular weight is 453 g/mol. The van der Waals surface area contributed by atoms with Crippen LogP contribution in [0.3, 0.4) is 0 Å². The molecular formula is C27H56N4O. The van der Waals surface area contributed by atoms with Crippen molar-refractivity contribution in [1.29, 1.82) is 0 Å². The van der Waals surface area contributed by atoms with Gasteiger partial charge in [0, 0.05) is 19.0 Å². The number of nitrogens with one attached hydrogen (secondary N) is 4. The van der Waals surface area contributed by atoms with Gasteiger partial charge in [-0.2, -0.15) is 0 Å². The summed E-state index contributed by atoms with van der Waals surface area (Å²) >= 11 is 0. The second kappa shape index (κ2) is 23.5. The summed E-state index contributed by atoms with van der Waals surface area (Å²) in [6.07, 6.45) is 22.8. The van der Waals surface area contributed by atoms with Gasteiger partial charge in [-0.15, -0.1) is 0 Å². The number of carbonyl (C=O) groups is 1. The molecule has 1 aliphatic rings. The Kier molecular flexibility index (Phi) is 21.6. The van der Waals surface area contributed by atoms with E-state index in [0.717, 1.165) is 58.5 Å². The van der Waals surface area contributed by atoms with E-state index in [-0.39, 0.29) is 5.91 Å². The third-order valence-electron chi connectivity index (χ3n) is 6.61. The predicted octanol–water partition coefficient (Wildman–Crippen LogP) is 5.30. The van der Waals surface area contributed by atoms with Gasteiger partial charge in [-0.3, -0.25) is 4.79 Å². The van der Waals surface area contributed by atoms with Crippen molar-refractivity contribution in [3.05, 3.63) is 0 Å². The van der Waals surface area contributed by atoms with E-state index < -0.39 is 0 Å². The largest absolute Gasteiger partial charge is 0.356 e. The molecular weight excluding hydrogens is 396 g/mol. The number of hydrogen-bond acceptors (Lipinski definition) is 4. The zero-order valence-electron chi connectivity index (χ0n) is 21.5. The second-order valence-electron chi connectivity index (χ2n) is 9.80. The molecule has 0 saturated carbocycles. The lowest BCUT2D eigenvalue weighted by molar-refractivity contribution is -0.121. The first kappa shape index (κ1) is 29.4. The SMILES string of the molecule is CCCCCCCCCCCCCC1CC(=O)NCCCNCCCCCNCCCN1. The van der Waals surface area contributed by atoms with E-state index in [1.807, 2.05) is 0 Å². The minimum absolute atomic E-state index is 0.213. The van der Waals surface area contributed by atoms with Crippen LogP contribution in [0.4, 0.5) is 0 Å². The summed E-state index contributed by atoms with van der Waals surface area (Å²) in [5, 5.41) is 13.9. The zero-order chi connectivity index (χ0) is 23.0. The Labute approximate surface area is 200 Å². The highest BCUT2D eigenvalue weighted by atomic mass is 16.1. The molecule has 0 aliphatic carbocycles. The average Bonchev–Trinajstić information content (AvgIpc) is 2.79. The van der Waals surface area contributed by atoms with Crippen molar-refractivity contribution in [2.24, 2.45) is 0 Å². The summed E-state index contributed by atoms with van der Waals surface area (Å²) in [6, 6.07) is 0.325. The van der Waals surface area contributed by atoms with Gasteiger partial charge in [-0.25, -0.2) is 0 Å². The molecule has 1 aliphatic heterocycles. The van der Waals surface area contributed by atoms with Crippen molar-refractivity contribution in [2.75, 3.05) is 39.3 Å². The van der Waals surface area contributed by atoms with Gasteiger partial charge in [-0.05, 0) is 64.8 Å². The maximum atomic E-state index is 12.4. The van der Waals surface area contributed by atoms with Gasteiger partial charge in [0.15, 0.2) is 0 Å². The van der Waals surface area contributed by atoms with Gasteiger partial charge < -0.3 is 21.3 Å². The molecule has 1 fully saturated rings. The lowest BCUT2D eigenvalue weighted by Crippen LogP contribution is -2.37. The highest BCUT2D eigenvalue weighted by molar-refractivity contribution is 5.76. The summed E-state index contributed by atoms with van der Waals surface area (Å²) < 4.78 is 0. The molecule has 32 heavy (non-hydrogen) atoms. The Morgan fingerprint density at radius 2 is 1.16 bits per heavy atom. The van der Waals surface area contributed by atoms with Gasteiger partial charge in [0.1, 0.15) is 0 Å². The Morgan fingerprint density at radius 3 is 1.78 bits per heavy atom. The van der Waals surface area contributed by atoms with Crippen LogP contribution in [0.1, 0.15) is 122 Å². The molecule has 4 N–H and O–H groups in total. The Bertz CT molecular complexity index is 405. The van der Waals surface area contributed by atoms with E-state index in [4.69, 9.17) is 0 Å². The number of hydrogen-bond donors (Lipinski definition) is 4. The fourth-order valence-electron chi connectivity index (χ4n) is 4.51. The van der Waals surface area contributed by atoms with Crippen LogP contribution in [0, 0.1) is 0 Å². The predicted molar refractivity (Wildman–Crippen MR) is 139 cm³/mol. The van der Waals surface area contributed by atoms with E-state index in [1.165, 1.54) is 89.9 Å². The zero-order valence-corrected chi connectivity index (χ0v) is 21.5. The quantitative estimate of drug-likeness (QED) is 0.304. The molecule has 5 nitrogen and oxygen atoms in total. The van der Waals surface area contributed by atoms with Crippen LogP contribution in [-0.2, 0) is 4.79 Å². The van der Waals surface area contributed by atoms with Crippen LogP contribution in [-0.4, -0.2) is 51.2 Å². The first-order chi connectivity index (χ1) is 15.8. The molecule has 1 rings (SSSR count). The fraction of sp³-hybridized carbons (Fsp3) is 0.963. The van der Waals surface area contributed by atoms with Gasteiger partial charge in [-0.1, -0.05) is 84.0 Å². The van der Waals surface area contributed by atoms with Gasteiger partial charge in [0.05, 0.1) is 0 Å². The van der Waals surface area contributed by atoms with E-state index in [0.29, 0.717) is 12.5 Å². The lowest BCUT2D eigenvalue weighted by Gasteiger charge is -2.19. The first-order valence-electron chi connectivity index (χ1n) is 14.2. The molecule has 0 radical (unpaired) electrons. The summed E-state index contributed by atoms with van der Waals surface area (Å²) in [4.78, 5) is 12.4. The molecule has 0 bridgehead atoms. The molecule has 1 atom stereocenters. The standard InChI is InChI=1S/C27H56N4O/c1-2-3-4-5-6-7-8-9-10-11-13-18-26-25-27(32)31-24-17-22-29-20-15-12-14-19-28-21-16-23-30-26/h26,28-30H,2-25H2,1H3,(H,31,32). The van der Waals surface area contributed by atoms with Crippen molar-refractivity contribution in [3.63, 3.8) is 0 Å². The molecule has 0 aromatic rings. The van der Waals surface area contributed by atoms with E-state index in [1.54, 1.807) is 0 Å². The molecule has 1 unspecified atom stereocenters. The van der Waals surface area contributed by atoms with E-state index in [9.17, 15) is 4.79 Å².